The van der Waals surface area contributed by atoms with Crippen LogP contribution in [0.5, 0.6) is 0 Å². The summed E-state index contributed by atoms with van der Waals surface area (Å²) < 4.78 is 28.6. The lowest BCUT2D eigenvalue weighted by atomic mass is 9.89. The van der Waals surface area contributed by atoms with Crippen LogP contribution in [0.15, 0.2) is 35.7 Å². The Labute approximate surface area is 243 Å². The van der Waals surface area contributed by atoms with E-state index < -0.39 is 15.6 Å². The van der Waals surface area contributed by atoms with Crippen molar-refractivity contribution in [3.05, 3.63) is 35.7 Å². The van der Waals surface area contributed by atoms with Gasteiger partial charge in [-0.05, 0) is 24.8 Å². The summed E-state index contributed by atoms with van der Waals surface area (Å²) in [6.45, 7) is 2.61. The summed E-state index contributed by atoms with van der Waals surface area (Å²) in [5.74, 6) is 0.381. The minimum absolute atomic E-state index is 0.00513. The SMILES string of the molecule is CCS(=O)(=O)N1CC(CC#N)(n2cc(-c3nc(N/C(C=N)=C/N(C)CCCC(=O)N(C)C)nc4ccsc34)cn2)C1. The highest BCUT2D eigenvalue weighted by atomic mass is 32.2. The van der Waals surface area contributed by atoms with Gasteiger partial charge in [-0.15, -0.1) is 11.3 Å². The molecule has 15 heteroatoms. The monoisotopic (exact) mass is 598 g/mol. The lowest BCUT2D eigenvalue weighted by Gasteiger charge is -2.47. The quantitative estimate of drug-likeness (QED) is 0.281. The molecule has 0 radical (unpaired) electrons. The molecule has 3 aromatic heterocycles. The highest BCUT2D eigenvalue weighted by Gasteiger charge is 2.49. The molecule has 1 amide bonds. The smallest absolute Gasteiger partial charge is 0.228 e. The summed E-state index contributed by atoms with van der Waals surface area (Å²) in [6.07, 6.45) is 7.65. The summed E-state index contributed by atoms with van der Waals surface area (Å²) in [5, 5.41) is 26.9. The van der Waals surface area contributed by atoms with Crippen molar-refractivity contribution in [1.29, 1.82) is 10.7 Å². The average molecular weight is 599 g/mol. The molecule has 1 saturated heterocycles. The van der Waals surface area contributed by atoms with Gasteiger partial charge in [0.1, 0.15) is 5.54 Å². The molecule has 41 heavy (non-hydrogen) atoms. The predicted molar refractivity (Wildman–Crippen MR) is 159 cm³/mol. The standard InChI is InChI=1S/C26H34N10O3S2/c1-5-41(38,39)35-17-26(18-35,9-10-27)36-15-19(14-29-36)23-24-21(8-12-40-24)31-25(32-23)30-20(13-28)16-34(4)11-6-7-22(37)33(2)3/h8,12-16,28H,5-7,9,11,17-18H2,1-4H3,(H,30,31,32)/b20-16+,28-13?. The lowest BCUT2D eigenvalue weighted by Crippen LogP contribution is -2.64. The molecule has 0 spiro atoms. The number of amides is 1. The Morgan fingerprint density at radius 2 is 2.07 bits per heavy atom. The largest absolute Gasteiger partial charge is 0.379 e. The van der Waals surface area contributed by atoms with E-state index in [1.165, 1.54) is 21.9 Å². The normalized spacial score (nSPS) is 15.2. The highest BCUT2D eigenvalue weighted by molar-refractivity contribution is 7.89. The Bertz CT molecular complexity index is 1600. The Balaban J connectivity index is 1.56. The van der Waals surface area contributed by atoms with Crippen molar-refractivity contribution >= 4 is 49.6 Å². The van der Waals surface area contributed by atoms with Crippen LogP contribution in [0.4, 0.5) is 5.95 Å². The van der Waals surface area contributed by atoms with Gasteiger partial charge in [-0.3, -0.25) is 9.48 Å². The van der Waals surface area contributed by atoms with Crippen molar-refractivity contribution in [3.63, 3.8) is 0 Å². The number of carbonyl (C=O) groups excluding carboxylic acids is 1. The number of nitriles is 1. The minimum atomic E-state index is -3.36. The van der Waals surface area contributed by atoms with E-state index in [4.69, 9.17) is 10.4 Å². The van der Waals surface area contributed by atoms with Crippen LogP contribution in [0.2, 0.25) is 0 Å². The number of hydrogen-bond acceptors (Lipinski definition) is 11. The van der Waals surface area contributed by atoms with Crippen LogP contribution < -0.4 is 5.32 Å². The van der Waals surface area contributed by atoms with Crippen molar-refractivity contribution in [2.45, 2.75) is 31.7 Å². The van der Waals surface area contributed by atoms with Crippen molar-refractivity contribution < 1.29 is 13.2 Å². The van der Waals surface area contributed by atoms with Gasteiger partial charge in [0, 0.05) is 71.4 Å². The first-order valence-electron chi connectivity index (χ1n) is 13.1. The summed E-state index contributed by atoms with van der Waals surface area (Å²) >= 11 is 1.49. The predicted octanol–water partition coefficient (Wildman–Crippen LogP) is 2.53. The number of nitrogens with zero attached hydrogens (tertiary/aromatic N) is 8. The van der Waals surface area contributed by atoms with Crippen molar-refractivity contribution in [3.8, 4) is 17.3 Å². The van der Waals surface area contributed by atoms with Gasteiger partial charge in [-0.2, -0.15) is 14.7 Å². The average Bonchev–Trinajstić information content (AvgIpc) is 3.59. The van der Waals surface area contributed by atoms with E-state index in [-0.39, 0.29) is 31.2 Å². The molecule has 13 nitrogen and oxygen atoms in total. The Hall–Kier alpha value is -3.87. The number of rotatable bonds is 13. The number of carbonyl (C=O) groups is 1. The van der Waals surface area contributed by atoms with Crippen LogP contribution >= 0.6 is 11.3 Å². The van der Waals surface area contributed by atoms with Crippen molar-refractivity contribution in [2.75, 3.05) is 51.8 Å². The second-order valence-electron chi connectivity index (χ2n) is 10.2. The van der Waals surface area contributed by atoms with E-state index in [1.807, 2.05) is 23.4 Å². The molecule has 1 aliphatic heterocycles. The number of nitrogens with one attached hydrogen (secondary N) is 2. The zero-order valence-corrected chi connectivity index (χ0v) is 25.2. The van der Waals surface area contributed by atoms with E-state index >= 15 is 0 Å². The Kier molecular flexibility index (Phi) is 9.05. The molecule has 4 rings (SSSR count). The molecule has 0 saturated carbocycles. The second-order valence-corrected chi connectivity index (χ2v) is 13.3. The highest BCUT2D eigenvalue weighted by Crippen LogP contribution is 2.37. The van der Waals surface area contributed by atoms with Gasteiger partial charge in [0.25, 0.3) is 0 Å². The molecule has 1 fully saturated rings. The first kappa shape index (κ1) is 30.1. The van der Waals surface area contributed by atoms with Crippen LogP contribution in [0.3, 0.4) is 0 Å². The minimum Gasteiger partial charge on any atom is -0.379 e. The molecule has 2 N–H and O–H groups in total. The molecule has 0 unspecified atom stereocenters. The zero-order chi connectivity index (χ0) is 29.8. The molecular formula is C26H34N10O3S2. The van der Waals surface area contributed by atoms with E-state index in [0.29, 0.717) is 42.3 Å². The van der Waals surface area contributed by atoms with E-state index in [1.54, 1.807) is 49.2 Å². The molecule has 4 heterocycles. The molecule has 0 atom stereocenters. The molecular weight excluding hydrogens is 564 g/mol. The number of thiophene rings is 1. The number of allylic oxidation sites excluding steroid dienone is 1. The van der Waals surface area contributed by atoms with Crippen molar-refractivity contribution in [1.82, 2.24) is 33.9 Å². The van der Waals surface area contributed by atoms with E-state index in [0.717, 1.165) is 10.2 Å². The van der Waals surface area contributed by atoms with Crippen LogP contribution in [0, 0.1) is 16.7 Å². The molecule has 0 bridgehead atoms. The van der Waals surface area contributed by atoms with Crippen molar-refractivity contribution in [2.24, 2.45) is 0 Å². The van der Waals surface area contributed by atoms with Crippen LogP contribution in [0.1, 0.15) is 26.2 Å². The maximum Gasteiger partial charge on any atom is 0.228 e. The summed E-state index contributed by atoms with van der Waals surface area (Å²) in [5.41, 5.74) is 1.81. The first-order valence-corrected chi connectivity index (χ1v) is 15.6. The fourth-order valence-electron chi connectivity index (χ4n) is 4.53. The number of fused-ring (bicyclic) bond motifs is 1. The maximum absolute atomic E-state index is 12.3. The third-order valence-corrected chi connectivity index (χ3v) is 9.61. The number of anilines is 1. The van der Waals surface area contributed by atoms with Gasteiger partial charge in [0.15, 0.2) is 0 Å². The summed E-state index contributed by atoms with van der Waals surface area (Å²) in [6, 6.07) is 4.07. The maximum atomic E-state index is 12.3. The summed E-state index contributed by atoms with van der Waals surface area (Å²) in [7, 11) is 1.99. The number of sulfonamides is 1. The lowest BCUT2D eigenvalue weighted by molar-refractivity contribution is -0.128. The summed E-state index contributed by atoms with van der Waals surface area (Å²) in [4.78, 5) is 24.7. The molecule has 1 aliphatic rings. The van der Waals surface area contributed by atoms with E-state index in [2.05, 4.69) is 21.5 Å². The number of aromatic nitrogens is 4. The molecule has 0 aliphatic carbocycles. The molecule has 218 valence electrons. The third-order valence-electron chi connectivity index (χ3n) is 6.92. The zero-order valence-electron chi connectivity index (χ0n) is 23.5. The van der Waals surface area contributed by atoms with Gasteiger partial charge < -0.3 is 20.5 Å². The van der Waals surface area contributed by atoms with Gasteiger partial charge in [-0.1, -0.05) is 0 Å². The first-order chi connectivity index (χ1) is 19.5. The topological polar surface area (TPSA) is 164 Å². The van der Waals surface area contributed by atoms with Gasteiger partial charge >= 0.3 is 0 Å². The van der Waals surface area contributed by atoms with Gasteiger partial charge in [0.2, 0.25) is 21.9 Å². The van der Waals surface area contributed by atoms with Crippen LogP contribution in [-0.4, -0.2) is 101 Å². The second kappa shape index (κ2) is 12.3. The van der Waals surface area contributed by atoms with Crippen LogP contribution in [-0.2, 0) is 20.4 Å². The van der Waals surface area contributed by atoms with Gasteiger partial charge in [-0.25, -0.2) is 18.4 Å². The third kappa shape index (κ3) is 6.55. The Morgan fingerprint density at radius 1 is 1.32 bits per heavy atom. The Morgan fingerprint density at radius 3 is 2.73 bits per heavy atom. The van der Waals surface area contributed by atoms with Crippen LogP contribution in [0.25, 0.3) is 21.5 Å². The van der Waals surface area contributed by atoms with E-state index in [9.17, 15) is 18.5 Å². The number of hydrogen-bond donors (Lipinski definition) is 2. The fraction of sp³-hybridized carbons (Fsp3) is 0.462. The molecule has 0 aromatic carbocycles. The van der Waals surface area contributed by atoms with Gasteiger partial charge in [0.05, 0.1) is 46.0 Å². The fourth-order valence-corrected chi connectivity index (χ4v) is 6.62. The molecule has 3 aromatic rings.